The van der Waals surface area contributed by atoms with Gasteiger partial charge in [0.25, 0.3) is 0 Å². The molecule has 0 radical (unpaired) electrons. The minimum absolute atomic E-state index is 0.571. The van der Waals surface area contributed by atoms with Crippen LogP contribution in [-0.2, 0) is 0 Å². The topological polar surface area (TPSA) is 50.9 Å². The van der Waals surface area contributed by atoms with Crippen molar-refractivity contribution in [3.8, 4) is 0 Å². The lowest BCUT2D eigenvalue weighted by molar-refractivity contribution is 0.775. The summed E-state index contributed by atoms with van der Waals surface area (Å²) in [6, 6.07) is 6.65. The Bertz CT molecular complexity index is 592. The van der Waals surface area contributed by atoms with Crippen LogP contribution in [0.4, 0.5) is 11.4 Å². The second-order valence-corrected chi connectivity index (χ2v) is 5.82. The Morgan fingerprint density at radius 2 is 2.33 bits per heavy atom. The lowest BCUT2D eigenvalue weighted by Gasteiger charge is -2.12. The number of halogens is 1. The Labute approximate surface area is 115 Å². The molecule has 1 saturated carbocycles. The molecule has 94 valence electrons. The van der Waals surface area contributed by atoms with Gasteiger partial charge in [0.2, 0.25) is 0 Å². The van der Waals surface area contributed by atoms with Gasteiger partial charge >= 0.3 is 0 Å². The maximum atomic E-state index is 6.06. The van der Waals surface area contributed by atoms with E-state index in [1.165, 1.54) is 12.8 Å². The normalized spacial score (nSPS) is 22.1. The van der Waals surface area contributed by atoms with Crippen LogP contribution < -0.4 is 11.1 Å². The van der Waals surface area contributed by atoms with Gasteiger partial charge in [-0.15, -0.1) is 0 Å². The molecule has 0 spiro atoms. The molecule has 0 bridgehead atoms. The number of aromatic nitrogens is 1. The first kappa shape index (κ1) is 11.8. The monoisotopic (exact) mass is 305 g/mol. The highest BCUT2D eigenvalue weighted by Crippen LogP contribution is 2.39. The average Bonchev–Trinajstić information content (AvgIpc) is 3.11. The molecular weight excluding hydrogens is 290 g/mol. The van der Waals surface area contributed by atoms with Crippen LogP contribution in [0, 0.1) is 5.92 Å². The van der Waals surface area contributed by atoms with E-state index in [1.807, 2.05) is 12.1 Å². The third-order valence-electron chi connectivity index (χ3n) is 3.64. The van der Waals surface area contributed by atoms with Gasteiger partial charge in [-0.05, 0) is 30.5 Å². The molecule has 3 rings (SSSR count). The van der Waals surface area contributed by atoms with Crippen molar-refractivity contribution in [3.05, 3.63) is 28.9 Å². The summed E-state index contributed by atoms with van der Waals surface area (Å²) in [4.78, 5) is 4.36. The van der Waals surface area contributed by atoms with Crippen molar-refractivity contribution in [2.75, 3.05) is 11.1 Å². The molecule has 2 atom stereocenters. The molecule has 3 nitrogen and oxygen atoms in total. The number of hydrogen-bond donors (Lipinski definition) is 2. The second kappa shape index (κ2) is 4.43. The summed E-state index contributed by atoms with van der Waals surface area (Å²) in [5.41, 5.74) is 8.79. The lowest BCUT2D eigenvalue weighted by Crippen LogP contribution is -2.07. The van der Waals surface area contributed by atoms with Crippen LogP contribution in [0.2, 0.25) is 0 Å². The highest BCUT2D eigenvalue weighted by atomic mass is 79.9. The van der Waals surface area contributed by atoms with Gasteiger partial charge in [-0.1, -0.05) is 29.3 Å². The van der Waals surface area contributed by atoms with Crippen LogP contribution in [0.25, 0.3) is 10.9 Å². The number of rotatable bonds is 3. The Morgan fingerprint density at radius 1 is 1.50 bits per heavy atom. The van der Waals surface area contributed by atoms with Crippen LogP contribution >= 0.6 is 15.9 Å². The largest absolute Gasteiger partial charge is 0.396 e. The van der Waals surface area contributed by atoms with Crippen molar-refractivity contribution in [1.29, 1.82) is 0 Å². The number of nitrogens with two attached hydrogens (primary N) is 1. The predicted molar refractivity (Wildman–Crippen MR) is 79.7 cm³/mol. The van der Waals surface area contributed by atoms with Crippen molar-refractivity contribution in [2.45, 2.75) is 25.8 Å². The van der Waals surface area contributed by atoms with Gasteiger partial charge in [-0.2, -0.15) is 0 Å². The first-order valence-corrected chi connectivity index (χ1v) is 7.08. The molecule has 4 heteroatoms. The zero-order chi connectivity index (χ0) is 12.7. The summed E-state index contributed by atoms with van der Waals surface area (Å²) >= 11 is 3.50. The van der Waals surface area contributed by atoms with Crippen LogP contribution in [0.1, 0.15) is 19.8 Å². The van der Waals surface area contributed by atoms with Gasteiger partial charge in [0.15, 0.2) is 0 Å². The average molecular weight is 306 g/mol. The summed E-state index contributed by atoms with van der Waals surface area (Å²) in [5.74, 6) is 0.791. The van der Waals surface area contributed by atoms with E-state index in [4.69, 9.17) is 5.73 Å². The second-order valence-electron chi connectivity index (χ2n) is 4.90. The summed E-state index contributed by atoms with van der Waals surface area (Å²) in [6.45, 7) is 2.23. The van der Waals surface area contributed by atoms with Gasteiger partial charge in [-0.3, -0.25) is 4.98 Å². The zero-order valence-corrected chi connectivity index (χ0v) is 11.9. The molecule has 0 saturated heterocycles. The fraction of sp³-hybridized carbons (Fsp3) is 0.357. The van der Waals surface area contributed by atoms with E-state index in [0.717, 1.165) is 32.7 Å². The minimum Gasteiger partial charge on any atom is -0.396 e. The summed E-state index contributed by atoms with van der Waals surface area (Å²) in [7, 11) is 0. The van der Waals surface area contributed by atoms with Crippen LogP contribution in [0.15, 0.2) is 28.9 Å². The van der Waals surface area contributed by atoms with Gasteiger partial charge < -0.3 is 11.1 Å². The summed E-state index contributed by atoms with van der Waals surface area (Å²) in [5, 5.41) is 4.66. The molecule has 3 N–H and O–H groups in total. The number of pyridine rings is 1. The zero-order valence-electron chi connectivity index (χ0n) is 10.3. The van der Waals surface area contributed by atoms with E-state index in [9.17, 15) is 0 Å². The number of hydrogen-bond acceptors (Lipinski definition) is 3. The molecule has 1 aliphatic carbocycles. The number of nitrogens with zero attached hydrogens (tertiary/aromatic N) is 1. The third-order valence-corrected chi connectivity index (χ3v) is 4.13. The summed E-state index contributed by atoms with van der Waals surface area (Å²) < 4.78 is 1.05. The van der Waals surface area contributed by atoms with E-state index in [1.54, 1.807) is 6.20 Å². The predicted octanol–water partition coefficient (Wildman–Crippen LogP) is 3.79. The first-order valence-electron chi connectivity index (χ1n) is 6.29. The van der Waals surface area contributed by atoms with E-state index < -0.39 is 0 Å². The lowest BCUT2D eigenvalue weighted by atomic mass is 10.1. The Balaban J connectivity index is 2.03. The Hall–Kier alpha value is -1.29. The number of fused-ring (bicyclic) bond motifs is 1. The number of nitrogens with one attached hydrogen (secondary N) is 1. The third kappa shape index (κ3) is 2.05. The standard InChI is InChI=1S/C14H16BrN3/c1-2-8-5-13(8)18-14-10-6-9(15)3-4-12(10)17-7-11(14)16/h3-4,6-8,13H,2,5,16H2,1H3,(H,17,18). The van der Waals surface area contributed by atoms with Crippen molar-refractivity contribution in [2.24, 2.45) is 5.92 Å². The molecule has 1 heterocycles. The fourth-order valence-corrected chi connectivity index (χ4v) is 2.76. The van der Waals surface area contributed by atoms with Gasteiger partial charge in [0.05, 0.1) is 23.1 Å². The molecule has 0 amide bonds. The quantitative estimate of drug-likeness (QED) is 0.907. The van der Waals surface area contributed by atoms with Crippen LogP contribution in [0.5, 0.6) is 0 Å². The maximum absolute atomic E-state index is 6.06. The summed E-state index contributed by atoms with van der Waals surface area (Å²) in [6.07, 6.45) is 4.21. The SMILES string of the molecule is CCC1CC1Nc1c(N)cnc2ccc(Br)cc12. The first-order chi connectivity index (χ1) is 8.69. The van der Waals surface area contributed by atoms with Crippen molar-refractivity contribution < 1.29 is 0 Å². The minimum atomic E-state index is 0.571. The molecule has 1 fully saturated rings. The molecular formula is C14H16BrN3. The molecule has 1 aromatic heterocycles. The molecule has 1 aliphatic rings. The molecule has 18 heavy (non-hydrogen) atoms. The molecule has 1 aromatic carbocycles. The highest BCUT2D eigenvalue weighted by Gasteiger charge is 2.35. The molecule has 2 aromatic rings. The van der Waals surface area contributed by atoms with Crippen LogP contribution in [-0.4, -0.2) is 11.0 Å². The Kier molecular flexibility index (Phi) is 2.90. The van der Waals surface area contributed by atoms with E-state index in [2.05, 4.69) is 39.2 Å². The van der Waals surface area contributed by atoms with Crippen molar-refractivity contribution in [3.63, 3.8) is 0 Å². The van der Waals surface area contributed by atoms with Crippen molar-refractivity contribution >= 4 is 38.2 Å². The molecule has 2 unspecified atom stereocenters. The highest BCUT2D eigenvalue weighted by molar-refractivity contribution is 9.10. The molecule has 0 aliphatic heterocycles. The van der Waals surface area contributed by atoms with E-state index in [-0.39, 0.29) is 0 Å². The van der Waals surface area contributed by atoms with Gasteiger partial charge in [0, 0.05) is 15.9 Å². The maximum Gasteiger partial charge on any atom is 0.0743 e. The van der Waals surface area contributed by atoms with Crippen LogP contribution in [0.3, 0.4) is 0 Å². The van der Waals surface area contributed by atoms with E-state index in [0.29, 0.717) is 6.04 Å². The van der Waals surface area contributed by atoms with Crippen molar-refractivity contribution in [1.82, 2.24) is 4.98 Å². The number of nitrogen functional groups attached to an aromatic ring is 1. The smallest absolute Gasteiger partial charge is 0.0743 e. The fourth-order valence-electron chi connectivity index (χ4n) is 2.40. The van der Waals surface area contributed by atoms with E-state index >= 15 is 0 Å². The number of benzene rings is 1. The van der Waals surface area contributed by atoms with Gasteiger partial charge in [0.1, 0.15) is 0 Å². The number of anilines is 2. The Morgan fingerprint density at radius 3 is 3.06 bits per heavy atom. The van der Waals surface area contributed by atoms with Gasteiger partial charge in [-0.25, -0.2) is 0 Å².